The molecule has 16 heavy (non-hydrogen) atoms. The zero-order valence-electron chi connectivity index (χ0n) is 10.5. The van der Waals surface area contributed by atoms with E-state index in [1.54, 1.807) is 11.9 Å². The number of likely N-dealkylation sites (tertiary alicyclic amines) is 1. The normalized spacial score (nSPS) is 20.8. The second kappa shape index (κ2) is 4.72. The van der Waals surface area contributed by atoms with Gasteiger partial charge in [0, 0.05) is 13.6 Å². The molecular weight excluding hydrogens is 206 g/mol. The van der Waals surface area contributed by atoms with Crippen LogP contribution in [0.25, 0.3) is 0 Å². The third kappa shape index (κ3) is 3.12. The Morgan fingerprint density at radius 3 is 2.62 bits per heavy atom. The first-order valence-corrected chi connectivity index (χ1v) is 5.61. The van der Waals surface area contributed by atoms with Crippen molar-refractivity contribution in [2.45, 2.75) is 45.3 Å². The molecule has 0 aliphatic carbocycles. The molecule has 1 saturated heterocycles. The van der Waals surface area contributed by atoms with Crippen molar-refractivity contribution in [3.8, 4) is 0 Å². The molecule has 1 atom stereocenters. The number of carbonyl (C=O) groups excluding carboxylic acids is 1. The van der Waals surface area contributed by atoms with Crippen molar-refractivity contribution in [3.63, 3.8) is 0 Å². The van der Waals surface area contributed by atoms with Crippen LogP contribution in [0.2, 0.25) is 0 Å². The second-order valence-corrected chi connectivity index (χ2v) is 5.00. The molecule has 1 amide bonds. The van der Waals surface area contributed by atoms with E-state index in [1.165, 1.54) is 0 Å². The molecular formula is C11H21N3O2. The van der Waals surface area contributed by atoms with E-state index in [9.17, 15) is 4.79 Å². The van der Waals surface area contributed by atoms with Crippen molar-refractivity contribution < 1.29 is 9.53 Å². The lowest BCUT2D eigenvalue weighted by Crippen LogP contribution is -2.46. The molecule has 0 spiro atoms. The van der Waals surface area contributed by atoms with Crippen LogP contribution in [0.3, 0.4) is 0 Å². The predicted molar refractivity (Wildman–Crippen MR) is 62.7 cm³/mol. The first-order valence-electron chi connectivity index (χ1n) is 5.61. The average molecular weight is 227 g/mol. The number of carbonyl (C=O) groups is 1. The minimum atomic E-state index is -0.480. The highest BCUT2D eigenvalue weighted by molar-refractivity contribution is 5.88. The standard InChI is InChI=1S/C11H21N3O2/c1-11(2,3)16-10(15)14-7-5-6-8(14)9(12)13-4/h8H,5-7H2,1-4H3,(H2,12,13). The Hall–Kier alpha value is -1.26. The van der Waals surface area contributed by atoms with E-state index in [0.29, 0.717) is 12.4 Å². The smallest absolute Gasteiger partial charge is 0.410 e. The maximum atomic E-state index is 11.9. The fraction of sp³-hybridized carbons (Fsp3) is 0.818. The van der Waals surface area contributed by atoms with E-state index in [-0.39, 0.29) is 12.1 Å². The minimum absolute atomic E-state index is 0.153. The quantitative estimate of drug-likeness (QED) is 0.528. The van der Waals surface area contributed by atoms with Gasteiger partial charge >= 0.3 is 6.09 Å². The molecule has 0 saturated carbocycles. The summed E-state index contributed by atoms with van der Waals surface area (Å²) in [7, 11) is 1.70. The summed E-state index contributed by atoms with van der Waals surface area (Å²) in [4.78, 5) is 13.5. The molecule has 0 aromatic heterocycles. The summed E-state index contributed by atoms with van der Waals surface area (Å²) in [6, 6.07) is -0.153. The fourth-order valence-electron chi connectivity index (χ4n) is 1.77. The van der Waals surface area contributed by atoms with E-state index in [1.807, 2.05) is 20.8 Å². The van der Waals surface area contributed by atoms with E-state index in [2.05, 4.69) is 5.32 Å². The van der Waals surface area contributed by atoms with Gasteiger partial charge in [-0.3, -0.25) is 10.3 Å². The summed E-state index contributed by atoms with van der Waals surface area (Å²) in [6.45, 7) is 6.21. The Morgan fingerprint density at radius 1 is 1.50 bits per heavy atom. The summed E-state index contributed by atoms with van der Waals surface area (Å²) >= 11 is 0. The molecule has 5 heteroatoms. The van der Waals surface area contributed by atoms with Crippen LogP contribution < -0.4 is 5.32 Å². The van der Waals surface area contributed by atoms with E-state index in [4.69, 9.17) is 10.1 Å². The Morgan fingerprint density at radius 2 is 2.12 bits per heavy atom. The fourth-order valence-corrected chi connectivity index (χ4v) is 1.77. The number of ether oxygens (including phenoxy) is 1. The lowest BCUT2D eigenvalue weighted by atomic mass is 10.2. The van der Waals surface area contributed by atoms with Crippen LogP contribution >= 0.6 is 0 Å². The number of amides is 1. The molecule has 1 aliphatic rings. The lowest BCUT2D eigenvalue weighted by molar-refractivity contribution is 0.0264. The van der Waals surface area contributed by atoms with Crippen molar-refractivity contribution in [2.24, 2.45) is 0 Å². The maximum Gasteiger partial charge on any atom is 0.410 e. The molecule has 0 radical (unpaired) electrons. The third-order valence-electron chi connectivity index (χ3n) is 2.48. The molecule has 1 unspecified atom stereocenters. The third-order valence-corrected chi connectivity index (χ3v) is 2.48. The predicted octanol–water partition coefficient (Wildman–Crippen LogP) is 1.58. The number of hydrogen-bond acceptors (Lipinski definition) is 3. The summed E-state index contributed by atoms with van der Waals surface area (Å²) in [5, 5.41) is 10.5. The Labute approximate surface area is 96.7 Å². The Bertz CT molecular complexity index is 283. The van der Waals surface area contributed by atoms with Gasteiger partial charge in [-0.15, -0.1) is 0 Å². The van der Waals surface area contributed by atoms with Gasteiger partial charge in [0.05, 0.1) is 6.04 Å². The van der Waals surface area contributed by atoms with Crippen molar-refractivity contribution >= 4 is 11.9 Å². The molecule has 1 fully saturated rings. The SMILES string of the molecule is CNC(=N)C1CCCN1C(=O)OC(C)(C)C. The Kier molecular flexibility index (Phi) is 3.78. The highest BCUT2D eigenvalue weighted by Gasteiger charge is 2.34. The number of nitrogens with zero attached hydrogens (tertiary/aromatic N) is 1. The number of amidine groups is 1. The molecule has 1 rings (SSSR count). The molecule has 2 N–H and O–H groups in total. The van der Waals surface area contributed by atoms with Gasteiger partial charge in [-0.2, -0.15) is 0 Å². The number of nitrogens with one attached hydrogen (secondary N) is 2. The molecule has 1 heterocycles. The average Bonchev–Trinajstić information content (AvgIpc) is 2.62. The lowest BCUT2D eigenvalue weighted by Gasteiger charge is -2.28. The number of rotatable bonds is 1. The largest absolute Gasteiger partial charge is 0.444 e. The zero-order valence-corrected chi connectivity index (χ0v) is 10.5. The van der Waals surface area contributed by atoms with Gasteiger partial charge in [0.25, 0.3) is 0 Å². The van der Waals surface area contributed by atoms with Crippen LogP contribution in [0.5, 0.6) is 0 Å². The van der Waals surface area contributed by atoms with Gasteiger partial charge in [-0.05, 0) is 33.6 Å². The number of hydrogen-bond donors (Lipinski definition) is 2. The minimum Gasteiger partial charge on any atom is -0.444 e. The van der Waals surface area contributed by atoms with Crippen LogP contribution in [-0.4, -0.2) is 42.1 Å². The summed E-state index contributed by atoms with van der Waals surface area (Å²) in [5.74, 6) is 0.378. The summed E-state index contributed by atoms with van der Waals surface area (Å²) in [5.41, 5.74) is -0.480. The van der Waals surface area contributed by atoms with Gasteiger partial charge in [0.15, 0.2) is 0 Å². The highest BCUT2D eigenvalue weighted by Crippen LogP contribution is 2.20. The van der Waals surface area contributed by atoms with Gasteiger partial charge < -0.3 is 10.1 Å². The molecule has 0 aromatic carbocycles. The van der Waals surface area contributed by atoms with Crippen LogP contribution in [0.4, 0.5) is 4.79 Å². The monoisotopic (exact) mass is 227 g/mol. The van der Waals surface area contributed by atoms with Gasteiger partial charge in [0.1, 0.15) is 11.4 Å². The molecule has 92 valence electrons. The van der Waals surface area contributed by atoms with Crippen LogP contribution in [0.1, 0.15) is 33.6 Å². The maximum absolute atomic E-state index is 11.9. The zero-order chi connectivity index (χ0) is 12.3. The molecule has 5 nitrogen and oxygen atoms in total. The first kappa shape index (κ1) is 12.8. The molecule has 0 bridgehead atoms. The van der Waals surface area contributed by atoms with Crippen molar-refractivity contribution in [2.75, 3.05) is 13.6 Å². The van der Waals surface area contributed by atoms with Crippen molar-refractivity contribution in [1.29, 1.82) is 5.41 Å². The molecule has 1 aliphatic heterocycles. The van der Waals surface area contributed by atoms with E-state index in [0.717, 1.165) is 12.8 Å². The second-order valence-electron chi connectivity index (χ2n) is 5.00. The first-order chi connectivity index (χ1) is 7.35. The van der Waals surface area contributed by atoms with Gasteiger partial charge in [-0.25, -0.2) is 4.79 Å². The number of likely N-dealkylation sites (N-methyl/N-ethyl adjacent to an activating group) is 1. The Balaban J connectivity index is 2.65. The summed E-state index contributed by atoms with van der Waals surface area (Å²) in [6.07, 6.45) is 1.43. The van der Waals surface area contributed by atoms with Crippen LogP contribution in [0, 0.1) is 5.41 Å². The highest BCUT2D eigenvalue weighted by atomic mass is 16.6. The van der Waals surface area contributed by atoms with Gasteiger partial charge in [0.2, 0.25) is 0 Å². The van der Waals surface area contributed by atoms with Crippen molar-refractivity contribution in [3.05, 3.63) is 0 Å². The van der Waals surface area contributed by atoms with E-state index >= 15 is 0 Å². The van der Waals surface area contributed by atoms with E-state index < -0.39 is 5.60 Å². The van der Waals surface area contributed by atoms with Crippen LogP contribution in [-0.2, 0) is 4.74 Å². The summed E-state index contributed by atoms with van der Waals surface area (Å²) < 4.78 is 5.31. The van der Waals surface area contributed by atoms with Crippen molar-refractivity contribution in [1.82, 2.24) is 10.2 Å². The van der Waals surface area contributed by atoms with Crippen LogP contribution in [0.15, 0.2) is 0 Å². The topological polar surface area (TPSA) is 65.4 Å². The van der Waals surface area contributed by atoms with Gasteiger partial charge in [-0.1, -0.05) is 0 Å². The molecule has 0 aromatic rings.